The summed E-state index contributed by atoms with van der Waals surface area (Å²) in [5, 5.41) is 0. The van der Waals surface area contributed by atoms with Crippen molar-refractivity contribution in [3.63, 3.8) is 0 Å². The van der Waals surface area contributed by atoms with Gasteiger partial charge < -0.3 is 4.42 Å². The number of carbonyl (C=O) groups excluding carboxylic acids is 2. The van der Waals surface area contributed by atoms with Crippen LogP contribution in [0.1, 0.15) is 49.8 Å². The van der Waals surface area contributed by atoms with E-state index in [1.165, 1.54) is 0 Å². The highest BCUT2D eigenvalue weighted by Crippen LogP contribution is 2.18. The Balaban J connectivity index is 2.19. The number of carbonyl (C=O) groups is 2. The molecular weight excluding hydrogens is 252 g/mol. The third kappa shape index (κ3) is 2.87. The van der Waals surface area contributed by atoms with Crippen LogP contribution >= 0.6 is 0 Å². The van der Waals surface area contributed by atoms with E-state index in [2.05, 4.69) is 0 Å². The van der Waals surface area contributed by atoms with E-state index in [9.17, 15) is 9.59 Å². The van der Waals surface area contributed by atoms with Gasteiger partial charge in [-0.3, -0.25) is 9.59 Å². The minimum atomic E-state index is -0.190. The van der Waals surface area contributed by atoms with Gasteiger partial charge in [-0.15, -0.1) is 0 Å². The Morgan fingerprint density at radius 1 is 0.950 bits per heavy atom. The Morgan fingerprint density at radius 3 is 2.15 bits per heavy atom. The highest BCUT2D eigenvalue weighted by atomic mass is 16.3. The average molecular weight is 270 g/mol. The number of ketones is 2. The van der Waals surface area contributed by atoms with Crippen LogP contribution in [0.25, 0.3) is 0 Å². The summed E-state index contributed by atoms with van der Waals surface area (Å²) in [5.41, 5.74) is 3.12. The van der Waals surface area contributed by atoms with Gasteiger partial charge in [0.15, 0.2) is 11.6 Å². The predicted octanol–water partition coefficient (Wildman–Crippen LogP) is 3.97. The van der Waals surface area contributed by atoms with Crippen molar-refractivity contribution in [2.75, 3.05) is 0 Å². The molecule has 1 aromatic carbocycles. The summed E-state index contributed by atoms with van der Waals surface area (Å²) in [4.78, 5) is 24.4. The Morgan fingerprint density at radius 2 is 1.60 bits per heavy atom. The SMILES string of the molecule is Cc1ccc(C(=O)CC(=O)c2cc(C)oc2C)c(C)c1. The van der Waals surface area contributed by atoms with Crippen LogP contribution in [0.3, 0.4) is 0 Å². The van der Waals surface area contributed by atoms with Crippen molar-refractivity contribution in [3.8, 4) is 0 Å². The van der Waals surface area contributed by atoms with E-state index in [0.29, 0.717) is 22.6 Å². The lowest BCUT2D eigenvalue weighted by atomic mass is 9.97. The minimum absolute atomic E-state index is 0.121. The maximum atomic E-state index is 12.2. The summed E-state index contributed by atoms with van der Waals surface area (Å²) in [5.74, 6) is 0.917. The lowest BCUT2D eigenvalue weighted by Crippen LogP contribution is -2.10. The van der Waals surface area contributed by atoms with Crippen molar-refractivity contribution in [1.29, 1.82) is 0 Å². The summed E-state index contributed by atoms with van der Waals surface area (Å²) < 4.78 is 5.33. The van der Waals surface area contributed by atoms with Crippen molar-refractivity contribution >= 4 is 11.6 Å². The van der Waals surface area contributed by atoms with Gasteiger partial charge in [0.2, 0.25) is 0 Å². The monoisotopic (exact) mass is 270 g/mol. The molecule has 0 N–H and O–H groups in total. The van der Waals surface area contributed by atoms with Crippen LogP contribution in [0, 0.1) is 27.7 Å². The quantitative estimate of drug-likeness (QED) is 0.624. The van der Waals surface area contributed by atoms with Crippen LogP contribution in [0.2, 0.25) is 0 Å². The van der Waals surface area contributed by atoms with E-state index >= 15 is 0 Å². The number of rotatable bonds is 4. The molecule has 0 saturated carbocycles. The molecule has 2 aromatic rings. The van der Waals surface area contributed by atoms with Gasteiger partial charge in [0.25, 0.3) is 0 Å². The first-order valence-corrected chi connectivity index (χ1v) is 6.59. The van der Waals surface area contributed by atoms with Crippen LogP contribution in [0.15, 0.2) is 28.7 Å². The molecule has 0 spiro atoms. The first kappa shape index (κ1) is 14.3. The van der Waals surface area contributed by atoms with Gasteiger partial charge in [-0.05, 0) is 39.3 Å². The molecule has 0 fully saturated rings. The molecule has 0 aliphatic carbocycles. The molecule has 1 aromatic heterocycles. The number of Topliss-reactive ketones (excluding diaryl/α,β-unsaturated/α-hetero) is 2. The Bertz CT molecular complexity index is 678. The third-order valence-corrected chi connectivity index (χ3v) is 3.34. The largest absolute Gasteiger partial charge is 0.466 e. The molecule has 0 saturated heterocycles. The minimum Gasteiger partial charge on any atom is -0.466 e. The summed E-state index contributed by atoms with van der Waals surface area (Å²) in [6.07, 6.45) is -0.121. The normalized spacial score (nSPS) is 10.6. The number of benzene rings is 1. The lowest BCUT2D eigenvalue weighted by Gasteiger charge is -2.05. The van der Waals surface area contributed by atoms with Gasteiger partial charge in [0.05, 0.1) is 12.0 Å². The zero-order valence-electron chi connectivity index (χ0n) is 12.2. The maximum Gasteiger partial charge on any atom is 0.174 e. The molecular formula is C17H18O3. The van der Waals surface area contributed by atoms with Crippen molar-refractivity contribution < 1.29 is 14.0 Å². The first-order chi connectivity index (χ1) is 9.38. The molecule has 1 heterocycles. The molecule has 2 rings (SSSR count). The highest BCUT2D eigenvalue weighted by Gasteiger charge is 2.19. The Hall–Kier alpha value is -2.16. The Kier molecular flexibility index (Phi) is 3.89. The van der Waals surface area contributed by atoms with Crippen molar-refractivity contribution in [2.24, 2.45) is 0 Å². The molecule has 20 heavy (non-hydrogen) atoms. The topological polar surface area (TPSA) is 47.3 Å². The van der Waals surface area contributed by atoms with E-state index in [0.717, 1.165) is 11.1 Å². The van der Waals surface area contributed by atoms with Crippen molar-refractivity contribution in [1.82, 2.24) is 0 Å². The lowest BCUT2D eigenvalue weighted by molar-refractivity contribution is 0.0893. The third-order valence-electron chi connectivity index (χ3n) is 3.34. The molecule has 0 radical (unpaired) electrons. The van der Waals surface area contributed by atoms with E-state index in [1.807, 2.05) is 26.0 Å². The van der Waals surface area contributed by atoms with Gasteiger partial charge in [-0.25, -0.2) is 0 Å². The molecule has 104 valence electrons. The summed E-state index contributed by atoms with van der Waals surface area (Å²) >= 11 is 0. The molecule has 3 heteroatoms. The number of hydrogen-bond donors (Lipinski definition) is 0. The van der Waals surface area contributed by atoms with Crippen LogP contribution in [-0.2, 0) is 0 Å². The van der Waals surface area contributed by atoms with Gasteiger partial charge in [-0.2, -0.15) is 0 Å². The zero-order chi connectivity index (χ0) is 14.9. The fourth-order valence-electron chi connectivity index (χ4n) is 2.37. The standard InChI is InChI=1S/C17H18O3/c1-10-5-6-14(11(2)7-10)16(18)9-17(19)15-8-12(3)20-13(15)4/h5-8H,9H2,1-4H3. The fraction of sp³-hybridized carbons (Fsp3) is 0.294. The second-order valence-electron chi connectivity index (χ2n) is 5.17. The van der Waals surface area contributed by atoms with Crippen molar-refractivity contribution in [3.05, 3.63) is 58.0 Å². The Labute approximate surface area is 118 Å². The predicted molar refractivity (Wildman–Crippen MR) is 77.4 cm³/mol. The smallest absolute Gasteiger partial charge is 0.174 e. The summed E-state index contributed by atoms with van der Waals surface area (Å²) in [6.45, 7) is 7.39. The maximum absolute atomic E-state index is 12.2. The highest BCUT2D eigenvalue weighted by molar-refractivity contribution is 6.14. The molecule has 0 atom stereocenters. The molecule has 0 unspecified atom stereocenters. The van der Waals surface area contributed by atoms with E-state index in [-0.39, 0.29) is 18.0 Å². The van der Waals surface area contributed by atoms with Crippen LogP contribution in [-0.4, -0.2) is 11.6 Å². The second-order valence-corrected chi connectivity index (χ2v) is 5.17. The zero-order valence-corrected chi connectivity index (χ0v) is 12.2. The van der Waals surface area contributed by atoms with Gasteiger partial charge in [-0.1, -0.05) is 23.8 Å². The van der Waals surface area contributed by atoms with E-state index < -0.39 is 0 Å². The number of aryl methyl sites for hydroxylation is 4. The van der Waals surface area contributed by atoms with Gasteiger partial charge in [0.1, 0.15) is 11.5 Å². The number of furan rings is 1. The van der Waals surface area contributed by atoms with Gasteiger partial charge >= 0.3 is 0 Å². The van der Waals surface area contributed by atoms with Crippen molar-refractivity contribution in [2.45, 2.75) is 34.1 Å². The van der Waals surface area contributed by atoms with E-state index in [1.54, 1.807) is 26.0 Å². The number of hydrogen-bond acceptors (Lipinski definition) is 3. The first-order valence-electron chi connectivity index (χ1n) is 6.59. The van der Waals surface area contributed by atoms with Crippen LogP contribution < -0.4 is 0 Å². The van der Waals surface area contributed by atoms with E-state index in [4.69, 9.17) is 4.42 Å². The average Bonchev–Trinajstić information content (AvgIpc) is 2.68. The summed E-state index contributed by atoms with van der Waals surface area (Å²) in [7, 11) is 0. The molecule has 0 aliphatic heterocycles. The second kappa shape index (κ2) is 5.45. The van der Waals surface area contributed by atoms with Crippen LogP contribution in [0.4, 0.5) is 0 Å². The summed E-state index contributed by atoms with van der Waals surface area (Å²) in [6, 6.07) is 7.31. The molecule has 3 nitrogen and oxygen atoms in total. The molecule has 0 amide bonds. The molecule has 0 aliphatic rings. The molecule has 0 bridgehead atoms. The van der Waals surface area contributed by atoms with Crippen LogP contribution in [0.5, 0.6) is 0 Å². The fourth-order valence-corrected chi connectivity index (χ4v) is 2.37. The van der Waals surface area contributed by atoms with Gasteiger partial charge in [0, 0.05) is 5.56 Å².